The molecule has 0 saturated heterocycles. The first kappa shape index (κ1) is 13.7. The van der Waals surface area contributed by atoms with Gasteiger partial charge < -0.3 is 4.74 Å². The van der Waals surface area contributed by atoms with Crippen molar-refractivity contribution in [1.29, 1.82) is 0 Å². The SMILES string of the molecule is BN=NN[C@H](C(=O)OCC)[C@H](C)C(=C)C. The molecular formula is C9H18BN3O2. The van der Waals surface area contributed by atoms with Gasteiger partial charge in [0.05, 0.1) is 6.61 Å². The fourth-order valence-electron chi connectivity index (χ4n) is 1.01. The lowest BCUT2D eigenvalue weighted by atomic mass is 9.96. The first-order valence-electron chi connectivity index (χ1n) is 4.91. The van der Waals surface area contributed by atoms with Crippen LogP contribution in [0.2, 0.25) is 0 Å². The molecule has 0 aliphatic carbocycles. The fraction of sp³-hybridized carbons (Fsp3) is 0.667. The van der Waals surface area contributed by atoms with Crippen molar-refractivity contribution < 1.29 is 9.53 Å². The molecule has 0 unspecified atom stereocenters. The normalized spacial score (nSPS) is 14.6. The van der Waals surface area contributed by atoms with Gasteiger partial charge in [-0.3, -0.25) is 5.43 Å². The molecule has 0 spiro atoms. The van der Waals surface area contributed by atoms with E-state index < -0.39 is 6.04 Å². The molecule has 15 heavy (non-hydrogen) atoms. The summed E-state index contributed by atoms with van der Waals surface area (Å²) in [5.41, 5.74) is 3.55. The molecule has 0 heterocycles. The van der Waals surface area contributed by atoms with Gasteiger partial charge in [0.2, 0.25) is 0 Å². The van der Waals surface area contributed by atoms with Gasteiger partial charge >= 0.3 is 5.97 Å². The molecule has 0 aliphatic rings. The third kappa shape index (κ3) is 4.62. The second kappa shape index (κ2) is 7.03. The average Bonchev–Trinajstić information content (AvgIpc) is 2.18. The Hall–Kier alpha value is -1.33. The van der Waals surface area contributed by atoms with Gasteiger partial charge in [0, 0.05) is 5.92 Å². The minimum atomic E-state index is -0.522. The van der Waals surface area contributed by atoms with Crippen molar-refractivity contribution in [1.82, 2.24) is 5.43 Å². The summed E-state index contributed by atoms with van der Waals surface area (Å²) in [6, 6.07) is -0.522. The third-order valence-electron chi connectivity index (χ3n) is 2.11. The van der Waals surface area contributed by atoms with Gasteiger partial charge in [-0.2, -0.15) is 0 Å². The predicted octanol–water partition coefficient (Wildman–Crippen LogP) is 0.635. The molecule has 0 bridgehead atoms. The molecule has 0 aliphatic heterocycles. The number of nitrogens with zero attached hydrogens (tertiary/aromatic N) is 2. The van der Waals surface area contributed by atoms with E-state index in [4.69, 9.17) is 4.74 Å². The molecule has 6 heteroatoms. The molecule has 1 N–H and O–H groups in total. The van der Waals surface area contributed by atoms with Crippen LogP contribution in [0.5, 0.6) is 0 Å². The lowest BCUT2D eigenvalue weighted by Crippen LogP contribution is -2.40. The Balaban J connectivity index is 4.55. The summed E-state index contributed by atoms with van der Waals surface area (Å²) in [7, 11) is 1.53. The molecule has 0 fully saturated rings. The second-order valence-corrected chi connectivity index (χ2v) is 3.29. The largest absolute Gasteiger partial charge is 0.464 e. The molecule has 0 aromatic heterocycles. The maximum Gasteiger partial charge on any atom is 0.330 e. The molecule has 5 nitrogen and oxygen atoms in total. The predicted molar refractivity (Wildman–Crippen MR) is 60.9 cm³/mol. The number of hydrogen-bond donors (Lipinski definition) is 1. The Labute approximate surface area is 91.4 Å². The number of carbonyl (C=O) groups excluding carboxylic acids is 1. The molecule has 2 atom stereocenters. The molecule has 0 aromatic carbocycles. The van der Waals surface area contributed by atoms with Crippen molar-refractivity contribution in [2.24, 2.45) is 16.2 Å². The molecule has 0 amide bonds. The van der Waals surface area contributed by atoms with Crippen LogP contribution in [0.4, 0.5) is 0 Å². The Morgan fingerprint density at radius 3 is 2.67 bits per heavy atom. The van der Waals surface area contributed by atoms with Gasteiger partial charge in [-0.25, -0.2) is 9.82 Å². The summed E-state index contributed by atoms with van der Waals surface area (Å²) in [5, 5.41) is 7.15. The van der Waals surface area contributed by atoms with Gasteiger partial charge in [-0.1, -0.05) is 24.3 Å². The van der Waals surface area contributed by atoms with E-state index >= 15 is 0 Å². The lowest BCUT2D eigenvalue weighted by molar-refractivity contribution is -0.146. The highest BCUT2D eigenvalue weighted by Crippen LogP contribution is 2.13. The maximum atomic E-state index is 11.6. The van der Waals surface area contributed by atoms with Gasteiger partial charge in [0.1, 0.15) is 6.04 Å². The van der Waals surface area contributed by atoms with Gasteiger partial charge in [0.25, 0.3) is 7.98 Å². The Morgan fingerprint density at radius 1 is 1.67 bits per heavy atom. The highest BCUT2D eigenvalue weighted by Gasteiger charge is 2.26. The fourth-order valence-corrected chi connectivity index (χ4v) is 1.01. The molecule has 84 valence electrons. The van der Waals surface area contributed by atoms with Crippen molar-refractivity contribution in [3.05, 3.63) is 12.2 Å². The number of nitrogens with one attached hydrogen (secondary N) is 1. The topological polar surface area (TPSA) is 63.0 Å². The van der Waals surface area contributed by atoms with E-state index in [0.29, 0.717) is 6.61 Å². The zero-order valence-electron chi connectivity index (χ0n) is 9.78. The maximum absolute atomic E-state index is 11.6. The van der Waals surface area contributed by atoms with E-state index in [0.717, 1.165) is 5.57 Å². The number of rotatable bonds is 6. The Bertz CT molecular complexity index is 256. The van der Waals surface area contributed by atoms with Crippen LogP contribution in [-0.2, 0) is 9.53 Å². The minimum absolute atomic E-state index is 0.0467. The standard InChI is InChI=1S/C9H18BN3O2/c1-5-15-9(14)8(11-13-12-10)7(4)6(2)3/h7-8H,2,5,10H2,1,3-4H3,(H,11,12)/t7-,8+/m1/s1. The first-order valence-corrected chi connectivity index (χ1v) is 4.91. The van der Waals surface area contributed by atoms with E-state index in [9.17, 15) is 4.79 Å². The quantitative estimate of drug-likeness (QED) is 0.230. The van der Waals surface area contributed by atoms with E-state index in [-0.39, 0.29) is 11.9 Å². The highest BCUT2D eigenvalue weighted by molar-refractivity contribution is 6.04. The summed E-state index contributed by atoms with van der Waals surface area (Å²) in [5.74, 6) is -0.380. The van der Waals surface area contributed by atoms with E-state index in [1.165, 1.54) is 7.98 Å². The van der Waals surface area contributed by atoms with E-state index in [1.807, 2.05) is 13.8 Å². The van der Waals surface area contributed by atoms with Crippen molar-refractivity contribution in [2.75, 3.05) is 6.61 Å². The summed E-state index contributed by atoms with van der Waals surface area (Å²) in [4.78, 5) is 11.6. The number of hydrogen-bond acceptors (Lipinski definition) is 4. The van der Waals surface area contributed by atoms with Crippen LogP contribution in [0.25, 0.3) is 0 Å². The van der Waals surface area contributed by atoms with E-state index in [2.05, 4.69) is 22.3 Å². The van der Waals surface area contributed by atoms with Crippen molar-refractivity contribution in [2.45, 2.75) is 26.8 Å². The van der Waals surface area contributed by atoms with Crippen LogP contribution in [0.1, 0.15) is 20.8 Å². The summed E-state index contributed by atoms with van der Waals surface area (Å²) >= 11 is 0. The monoisotopic (exact) mass is 211 g/mol. The summed E-state index contributed by atoms with van der Waals surface area (Å²) in [6.07, 6.45) is 0. The van der Waals surface area contributed by atoms with Crippen LogP contribution < -0.4 is 5.43 Å². The molecule has 0 saturated carbocycles. The second-order valence-electron chi connectivity index (χ2n) is 3.29. The number of esters is 1. The van der Waals surface area contributed by atoms with E-state index in [1.54, 1.807) is 6.92 Å². The van der Waals surface area contributed by atoms with Crippen LogP contribution in [0, 0.1) is 5.92 Å². The van der Waals surface area contributed by atoms with Crippen LogP contribution >= 0.6 is 0 Å². The first-order chi connectivity index (χ1) is 7.04. The van der Waals surface area contributed by atoms with Gasteiger partial charge in [-0.05, 0) is 13.8 Å². The van der Waals surface area contributed by atoms with Crippen LogP contribution in [-0.4, -0.2) is 26.6 Å². The Kier molecular flexibility index (Phi) is 6.41. The smallest absolute Gasteiger partial charge is 0.330 e. The molecular weight excluding hydrogens is 193 g/mol. The zero-order valence-corrected chi connectivity index (χ0v) is 9.78. The van der Waals surface area contributed by atoms with Gasteiger partial charge in [-0.15, -0.1) is 0 Å². The number of ether oxygens (including phenoxy) is 1. The van der Waals surface area contributed by atoms with Crippen molar-refractivity contribution in [3.8, 4) is 0 Å². The Morgan fingerprint density at radius 2 is 2.27 bits per heavy atom. The zero-order chi connectivity index (χ0) is 11.8. The van der Waals surface area contributed by atoms with Gasteiger partial charge in [0.15, 0.2) is 0 Å². The van der Waals surface area contributed by atoms with Crippen LogP contribution in [0.3, 0.4) is 0 Å². The van der Waals surface area contributed by atoms with Crippen LogP contribution in [0.15, 0.2) is 22.4 Å². The summed E-state index contributed by atoms with van der Waals surface area (Å²) in [6.45, 7) is 9.68. The minimum Gasteiger partial charge on any atom is -0.464 e. The van der Waals surface area contributed by atoms with Crippen molar-refractivity contribution in [3.63, 3.8) is 0 Å². The molecule has 0 radical (unpaired) electrons. The summed E-state index contributed by atoms with van der Waals surface area (Å²) < 4.78 is 4.93. The highest BCUT2D eigenvalue weighted by atomic mass is 16.5. The average molecular weight is 211 g/mol. The lowest BCUT2D eigenvalue weighted by Gasteiger charge is -2.21. The third-order valence-corrected chi connectivity index (χ3v) is 2.11. The number of carbonyl (C=O) groups is 1. The molecule has 0 rings (SSSR count). The molecule has 0 aromatic rings. The van der Waals surface area contributed by atoms with Crippen molar-refractivity contribution >= 4 is 14.0 Å².